The van der Waals surface area contributed by atoms with Crippen LogP contribution in [0.3, 0.4) is 0 Å². The van der Waals surface area contributed by atoms with Crippen molar-refractivity contribution < 1.29 is 18.0 Å². The van der Waals surface area contributed by atoms with Gasteiger partial charge in [0.1, 0.15) is 0 Å². The number of hydrogen-bond acceptors (Lipinski definition) is 4. The van der Waals surface area contributed by atoms with Gasteiger partial charge in [-0.15, -0.1) is 0 Å². The Balaban J connectivity index is 1.94. The van der Waals surface area contributed by atoms with Gasteiger partial charge in [-0.05, 0) is 59.5 Å². The van der Waals surface area contributed by atoms with Crippen LogP contribution >= 0.6 is 0 Å². The molecule has 4 rings (SSSR count). The smallest absolute Gasteiger partial charge is 0.368 e. The molecule has 0 aliphatic heterocycles. The molecule has 0 radical (unpaired) electrons. The summed E-state index contributed by atoms with van der Waals surface area (Å²) >= 11 is 0. The molecule has 0 saturated carbocycles. The van der Waals surface area contributed by atoms with E-state index >= 15 is 0 Å². The average Bonchev–Trinajstić information content (AvgIpc) is 2.72. The molecule has 0 saturated heterocycles. The molecule has 0 unspecified atom stereocenters. The molecule has 0 aliphatic carbocycles. The number of carbonyl (C=O) groups excluding carboxylic acids is 1. The number of anilines is 1. The molecule has 8 heteroatoms. The van der Waals surface area contributed by atoms with E-state index in [1.165, 1.54) is 12.1 Å². The fourth-order valence-electron chi connectivity index (χ4n) is 3.61. The number of halogens is 3. The minimum Gasteiger partial charge on any atom is -0.368 e. The quantitative estimate of drug-likeness (QED) is 0.487. The first-order chi connectivity index (χ1) is 14.6. The molecule has 1 amide bonds. The minimum absolute atomic E-state index is 0.154. The number of hydrogen-bond donors (Lipinski definition) is 2. The Bertz CT molecular complexity index is 1330. The van der Waals surface area contributed by atoms with Gasteiger partial charge in [0.25, 0.3) is 0 Å². The third-order valence-corrected chi connectivity index (χ3v) is 5.07. The highest BCUT2D eigenvalue weighted by Crippen LogP contribution is 2.40. The summed E-state index contributed by atoms with van der Waals surface area (Å²) in [7, 11) is 0. The van der Waals surface area contributed by atoms with Crippen molar-refractivity contribution in [2.24, 2.45) is 5.73 Å². The van der Waals surface area contributed by atoms with Gasteiger partial charge in [-0.1, -0.05) is 24.3 Å². The highest BCUT2D eigenvalue weighted by molar-refractivity contribution is 6.01. The van der Waals surface area contributed by atoms with E-state index in [4.69, 9.17) is 11.5 Å². The largest absolute Gasteiger partial charge is 0.417 e. The van der Waals surface area contributed by atoms with Crippen LogP contribution in [0, 0.1) is 6.92 Å². The molecule has 0 bridgehead atoms. The number of nitrogen functional groups attached to an aromatic ring is 1. The normalized spacial score (nSPS) is 11.6. The third kappa shape index (κ3) is 3.79. The fourth-order valence-corrected chi connectivity index (χ4v) is 3.61. The summed E-state index contributed by atoms with van der Waals surface area (Å²) < 4.78 is 41.1. The number of aryl methyl sites for hydroxylation is 1. The molecule has 0 aliphatic rings. The van der Waals surface area contributed by atoms with E-state index in [1.807, 2.05) is 19.1 Å². The van der Waals surface area contributed by atoms with Crippen molar-refractivity contribution in [3.63, 3.8) is 0 Å². The maximum Gasteiger partial charge on any atom is 0.417 e. The Morgan fingerprint density at radius 1 is 1.00 bits per heavy atom. The zero-order chi connectivity index (χ0) is 22.3. The second-order valence-electron chi connectivity index (χ2n) is 7.12. The molecule has 156 valence electrons. The summed E-state index contributed by atoms with van der Waals surface area (Å²) in [6.07, 6.45) is -3.06. The molecule has 0 spiro atoms. The SMILES string of the molecule is Cc1ccc(-c2c(C(N)=O)cccc2C(F)(F)F)cc1-c1ccc2nc(N)ncc2c1. The van der Waals surface area contributed by atoms with Crippen LogP contribution in [0.25, 0.3) is 33.2 Å². The van der Waals surface area contributed by atoms with E-state index in [1.54, 1.807) is 30.5 Å². The van der Waals surface area contributed by atoms with Crippen molar-refractivity contribution in [2.75, 3.05) is 5.73 Å². The zero-order valence-corrected chi connectivity index (χ0v) is 16.4. The Morgan fingerprint density at radius 3 is 2.45 bits per heavy atom. The number of fused-ring (bicyclic) bond motifs is 1. The van der Waals surface area contributed by atoms with Crippen molar-refractivity contribution in [1.82, 2.24) is 9.97 Å². The molecule has 1 heterocycles. The molecule has 4 aromatic rings. The molecule has 31 heavy (non-hydrogen) atoms. The third-order valence-electron chi connectivity index (χ3n) is 5.07. The first-order valence-electron chi connectivity index (χ1n) is 9.29. The average molecular weight is 422 g/mol. The van der Waals surface area contributed by atoms with E-state index in [0.717, 1.165) is 22.6 Å². The summed E-state index contributed by atoms with van der Waals surface area (Å²) in [5.74, 6) is -0.773. The van der Waals surface area contributed by atoms with Crippen molar-refractivity contribution >= 4 is 22.8 Å². The molecule has 5 nitrogen and oxygen atoms in total. The van der Waals surface area contributed by atoms with Crippen molar-refractivity contribution in [3.8, 4) is 22.3 Å². The zero-order valence-electron chi connectivity index (χ0n) is 16.4. The van der Waals surface area contributed by atoms with Gasteiger partial charge in [0.15, 0.2) is 0 Å². The van der Waals surface area contributed by atoms with Crippen LogP contribution < -0.4 is 11.5 Å². The number of rotatable bonds is 3. The number of benzene rings is 3. The molecular weight excluding hydrogens is 405 g/mol. The van der Waals surface area contributed by atoms with Gasteiger partial charge >= 0.3 is 6.18 Å². The van der Waals surface area contributed by atoms with Crippen molar-refractivity contribution in [2.45, 2.75) is 13.1 Å². The van der Waals surface area contributed by atoms with Gasteiger partial charge in [0.2, 0.25) is 11.9 Å². The predicted molar refractivity (Wildman–Crippen MR) is 113 cm³/mol. The van der Waals surface area contributed by atoms with Crippen LogP contribution in [-0.2, 0) is 6.18 Å². The number of carbonyl (C=O) groups is 1. The Hall–Kier alpha value is -3.94. The summed E-state index contributed by atoms with van der Waals surface area (Å²) in [5, 5.41) is 0.741. The van der Waals surface area contributed by atoms with E-state index in [9.17, 15) is 18.0 Å². The van der Waals surface area contributed by atoms with Gasteiger partial charge in [-0.3, -0.25) is 4.79 Å². The van der Waals surface area contributed by atoms with Crippen LogP contribution in [0.5, 0.6) is 0 Å². The number of primary amides is 1. The number of amides is 1. The van der Waals surface area contributed by atoms with E-state index in [2.05, 4.69) is 9.97 Å². The summed E-state index contributed by atoms with van der Waals surface area (Å²) in [5.41, 5.74) is 12.9. The van der Waals surface area contributed by atoms with Crippen molar-refractivity contribution in [1.29, 1.82) is 0 Å². The van der Waals surface area contributed by atoms with Crippen molar-refractivity contribution in [3.05, 3.63) is 77.5 Å². The molecule has 4 N–H and O–H groups in total. The van der Waals surface area contributed by atoms with Gasteiger partial charge in [-0.2, -0.15) is 13.2 Å². The van der Waals surface area contributed by atoms with Crippen LogP contribution in [0.2, 0.25) is 0 Å². The molecule has 1 aromatic heterocycles. The lowest BCUT2D eigenvalue weighted by molar-refractivity contribution is -0.137. The summed E-state index contributed by atoms with van der Waals surface area (Å²) in [6.45, 7) is 1.85. The molecule has 3 aromatic carbocycles. The maximum atomic E-state index is 13.7. The second-order valence-corrected chi connectivity index (χ2v) is 7.12. The first-order valence-corrected chi connectivity index (χ1v) is 9.29. The summed E-state index contributed by atoms with van der Waals surface area (Å²) in [6, 6.07) is 13.7. The minimum atomic E-state index is -4.65. The Labute approximate surface area is 175 Å². The first kappa shape index (κ1) is 20.3. The van der Waals surface area contributed by atoms with Gasteiger partial charge in [-0.25, -0.2) is 9.97 Å². The lowest BCUT2D eigenvalue weighted by Gasteiger charge is -2.17. The van der Waals surface area contributed by atoms with Gasteiger partial charge in [0, 0.05) is 22.7 Å². The highest BCUT2D eigenvalue weighted by atomic mass is 19.4. The number of aromatic nitrogens is 2. The molecular formula is C23H17F3N4O. The highest BCUT2D eigenvalue weighted by Gasteiger charge is 2.35. The van der Waals surface area contributed by atoms with Crippen LogP contribution in [0.15, 0.2) is 60.8 Å². The topological polar surface area (TPSA) is 94.9 Å². The van der Waals surface area contributed by atoms with Crippen LogP contribution in [-0.4, -0.2) is 15.9 Å². The molecule has 0 fully saturated rings. The van der Waals surface area contributed by atoms with Crippen LogP contribution in [0.1, 0.15) is 21.5 Å². The Kier molecular flexibility index (Phi) is 4.85. The number of alkyl halides is 3. The van der Waals surface area contributed by atoms with Gasteiger partial charge < -0.3 is 11.5 Å². The fraction of sp³-hybridized carbons (Fsp3) is 0.0870. The van der Waals surface area contributed by atoms with Crippen LogP contribution in [0.4, 0.5) is 19.1 Å². The number of nitrogens with zero attached hydrogens (tertiary/aromatic N) is 2. The standard InChI is InChI=1S/C23H17F3N4O/c1-12-5-6-14(20-16(21(27)31)3-2-4-18(20)23(24,25)26)10-17(12)13-7-8-19-15(9-13)11-29-22(28)30-19/h2-11H,1H3,(H2,27,31)(H2,28,29,30). The predicted octanol–water partition coefficient (Wildman–Crippen LogP) is 4.97. The van der Waals surface area contributed by atoms with E-state index in [-0.39, 0.29) is 22.6 Å². The molecule has 0 atom stereocenters. The second kappa shape index (κ2) is 7.39. The lowest BCUT2D eigenvalue weighted by Crippen LogP contribution is -2.16. The monoisotopic (exact) mass is 422 g/mol. The van der Waals surface area contributed by atoms with E-state index < -0.39 is 17.6 Å². The van der Waals surface area contributed by atoms with E-state index in [0.29, 0.717) is 11.1 Å². The Morgan fingerprint density at radius 2 is 1.74 bits per heavy atom. The summed E-state index contributed by atoms with van der Waals surface area (Å²) in [4.78, 5) is 20.0. The van der Waals surface area contributed by atoms with Gasteiger partial charge in [0.05, 0.1) is 11.1 Å². The lowest BCUT2D eigenvalue weighted by atomic mass is 9.89. The number of nitrogens with two attached hydrogens (primary N) is 2. The maximum absolute atomic E-state index is 13.7.